The first kappa shape index (κ1) is 89.7. The van der Waals surface area contributed by atoms with Crippen LogP contribution >= 0.6 is 7.82 Å². The SMILES string of the molecule is CCCCCCCCCCCCC/C=C/C=C/C(=O)OCC(COP(=O)(O)OC1C(OC2OC(CO)C(O)C(O)C2O)C(O)C(O)C(O)C1OC1OC(COC(=O)CCCCCCCCCCCCC)C(O)C(O)C1O)OC(=O)CCCCCCCCCCCCCCCCCCC. The van der Waals surface area contributed by atoms with Gasteiger partial charge in [0.05, 0.1) is 13.2 Å². The van der Waals surface area contributed by atoms with Crippen LogP contribution in [0.3, 0.4) is 0 Å². The molecule has 18 unspecified atom stereocenters. The first-order valence-corrected chi connectivity index (χ1v) is 39.7. The van der Waals surface area contributed by atoms with E-state index < -0.39 is 156 Å². The number of carbonyl (C=O) groups is 3. The summed E-state index contributed by atoms with van der Waals surface area (Å²) >= 11 is 0. The Hall–Kier alpha value is -2.56. The standard InChI is InChI=1S/C73H133O24P/c1-4-7-10-13-16-19-22-24-26-27-29-31-34-37-40-43-46-49-59(77)92-54(51-89-57(75)47-44-41-38-36-33-30-28-25-23-20-17-14-11-8-5-2)52-91-98(87,88)97-71-69(95-72-67(85)62(80)60(78)55(50-74)93-72)65(83)64(82)66(84)70(71)96-73-68(86)63(81)61(79)56(94-73)53-90-58(76)48-45-42-39-35-32-21-18-15-12-9-6-3/h38,41,44,47,54-56,60-74,78-86H,4-37,39-40,42-43,45-46,48-53H2,1-3H3,(H,87,88)/b41-38+,47-44+. The van der Waals surface area contributed by atoms with Gasteiger partial charge < -0.3 is 89.1 Å². The summed E-state index contributed by atoms with van der Waals surface area (Å²) in [6.07, 6.45) is 16.0. The molecule has 0 aromatic heterocycles. The predicted octanol–water partition coefficient (Wildman–Crippen LogP) is 10.5. The Kier molecular flexibility index (Phi) is 50.3. The summed E-state index contributed by atoms with van der Waals surface area (Å²) in [5, 5.41) is 110. The first-order chi connectivity index (χ1) is 47.3. The van der Waals surface area contributed by atoms with E-state index in [1.807, 2.05) is 6.08 Å². The fourth-order valence-electron chi connectivity index (χ4n) is 12.6. The maximum absolute atomic E-state index is 14.3. The molecule has 1 saturated carbocycles. The summed E-state index contributed by atoms with van der Waals surface area (Å²) in [6.45, 7) is 3.33. The average Bonchev–Trinajstić information content (AvgIpc) is 0.766. The van der Waals surface area contributed by atoms with Crippen molar-refractivity contribution >= 4 is 25.7 Å². The molecule has 2 aliphatic heterocycles. The van der Waals surface area contributed by atoms with Crippen LogP contribution in [0.1, 0.15) is 290 Å². The number of phosphoric acid groups is 1. The maximum Gasteiger partial charge on any atom is 0.472 e. The quantitative estimate of drug-likeness (QED) is 0.00673. The Balaban J connectivity index is 1.75. The lowest BCUT2D eigenvalue weighted by atomic mass is 9.84. The molecule has 2 heterocycles. The van der Waals surface area contributed by atoms with E-state index in [0.717, 1.165) is 96.0 Å². The molecule has 0 aromatic carbocycles. The fourth-order valence-corrected chi connectivity index (χ4v) is 13.6. The molecule has 98 heavy (non-hydrogen) atoms. The molecule has 3 fully saturated rings. The molecule has 0 spiro atoms. The summed E-state index contributed by atoms with van der Waals surface area (Å²) in [5.41, 5.74) is 0. The summed E-state index contributed by atoms with van der Waals surface area (Å²) in [4.78, 5) is 50.9. The smallest absolute Gasteiger partial charge is 0.463 e. The largest absolute Gasteiger partial charge is 0.472 e. The van der Waals surface area contributed by atoms with Gasteiger partial charge in [-0.25, -0.2) is 9.36 Å². The van der Waals surface area contributed by atoms with Gasteiger partial charge in [-0.15, -0.1) is 0 Å². The minimum Gasteiger partial charge on any atom is -0.463 e. The average molecular weight is 1430 g/mol. The number of ether oxygens (including phenoxy) is 7. The highest BCUT2D eigenvalue weighted by molar-refractivity contribution is 7.47. The van der Waals surface area contributed by atoms with Gasteiger partial charge in [-0.05, 0) is 25.7 Å². The fraction of sp³-hybridized carbons (Fsp3) is 0.904. The Bertz CT molecular complexity index is 2120. The molecule has 3 rings (SSSR count). The van der Waals surface area contributed by atoms with Gasteiger partial charge in [-0.1, -0.05) is 270 Å². The number of aliphatic hydroxyl groups is 10. The summed E-state index contributed by atoms with van der Waals surface area (Å²) < 4.78 is 64.8. The Labute approximate surface area is 585 Å². The molecule has 0 amide bonds. The van der Waals surface area contributed by atoms with Crippen LogP contribution in [0.5, 0.6) is 0 Å². The lowest BCUT2D eigenvalue weighted by Crippen LogP contribution is -2.69. The molecule has 0 bridgehead atoms. The normalized spacial score (nSPS) is 27.7. The van der Waals surface area contributed by atoms with Crippen molar-refractivity contribution in [3.05, 3.63) is 24.3 Å². The van der Waals surface area contributed by atoms with Gasteiger partial charge in [0.15, 0.2) is 18.7 Å². The van der Waals surface area contributed by atoms with Crippen LogP contribution in [-0.2, 0) is 61.2 Å². The van der Waals surface area contributed by atoms with E-state index in [1.165, 1.54) is 160 Å². The van der Waals surface area contributed by atoms with Gasteiger partial charge in [0, 0.05) is 18.9 Å². The highest BCUT2D eigenvalue weighted by Crippen LogP contribution is 2.49. The van der Waals surface area contributed by atoms with Crippen molar-refractivity contribution < 1.29 is 117 Å². The third-order valence-electron chi connectivity index (χ3n) is 18.8. The van der Waals surface area contributed by atoms with Crippen LogP contribution in [0.2, 0.25) is 0 Å². The van der Waals surface area contributed by atoms with Crippen LogP contribution in [0.15, 0.2) is 24.3 Å². The highest BCUT2D eigenvalue weighted by atomic mass is 31.2. The molecule has 11 N–H and O–H groups in total. The zero-order valence-corrected chi connectivity index (χ0v) is 60.7. The second kappa shape index (κ2) is 55.0. The molecule has 2 saturated heterocycles. The highest BCUT2D eigenvalue weighted by Gasteiger charge is 2.58. The molecule has 24 nitrogen and oxygen atoms in total. The van der Waals surface area contributed by atoms with E-state index in [-0.39, 0.29) is 12.8 Å². The molecule has 1 aliphatic carbocycles. The van der Waals surface area contributed by atoms with Gasteiger partial charge in [-0.2, -0.15) is 0 Å². The predicted molar refractivity (Wildman–Crippen MR) is 370 cm³/mol. The number of aliphatic hydroxyl groups excluding tert-OH is 10. The van der Waals surface area contributed by atoms with Crippen molar-refractivity contribution in [2.75, 3.05) is 26.4 Å². The van der Waals surface area contributed by atoms with Crippen LogP contribution in [0.4, 0.5) is 0 Å². The minimum absolute atomic E-state index is 0.0280. The van der Waals surface area contributed by atoms with E-state index in [0.29, 0.717) is 12.8 Å². The maximum atomic E-state index is 14.3. The summed E-state index contributed by atoms with van der Waals surface area (Å²) in [7, 11) is -5.71. The molecular weight excluding hydrogens is 1290 g/mol. The van der Waals surface area contributed by atoms with Crippen molar-refractivity contribution in [2.24, 2.45) is 0 Å². The molecule has 0 radical (unpaired) electrons. The zero-order valence-electron chi connectivity index (χ0n) is 59.8. The molecule has 574 valence electrons. The van der Waals surface area contributed by atoms with Gasteiger partial charge in [0.25, 0.3) is 0 Å². The Morgan fingerprint density at radius 1 is 0.418 bits per heavy atom. The van der Waals surface area contributed by atoms with Crippen molar-refractivity contribution in [2.45, 2.75) is 395 Å². The third kappa shape index (κ3) is 37.7. The van der Waals surface area contributed by atoms with Crippen LogP contribution in [-0.4, -0.2) is 204 Å². The molecule has 18 atom stereocenters. The number of phosphoric ester groups is 1. The Morgan fingerprint density at radius 3 is 1.20 bits per heavy atom. The lowest BCUT2D eigenvalue weighted by Gasteiger charge is -2.49. The van der Waals surface area contributed by atoms with Crippen molar-refractivity contribution in [3.63, 3.8) is 0 Å². The van der Waals surface area contributed by atoms with E-state index >= 15 is 0 Å². The van der Waals surface area contributed by atoms with E-state index in [1.54, 1.807) is 6.08 Å². The molecular formula is C73H133O24P. The monoisotopic (exact) mass is 1420 g/mol. The molecule has 3 aliphatic rings. The second-order valence-electron chi connectivity index (χ2n) is 27.4. The number of carbonyl (C=O) groups excluding carboxylic acids is 3. The zero-order chi connectivity index (χ0) is 71.8. The summed E-state index contributed by atoms with van der Waals surface area (Å²) in [5.74, 6) is -2.24. The second-order valence-corrected chi connectivity index (χ2v) is 28.9. The van der Waals surface area contributed by atoms with Gasteiger partial charge >= 0.3 is 25.7 Å². The van der Waals surface area contributed by atoms with Crippen LogP contribution in [0.25, 0.3) is 0 Å². The molecule has 25 heteroatoms. The number of unbranched alkanes of at least 4 members (excludes halogenated alkanes) is 37. The van der Waals surface area contributed by atoms with Crippen LogP contribution < -0.4 is 0 Å². The van der Waals surface area contributed by atoms with E-state index in [2.05, 4.69) is 20.8 Å². The lowest BCUT2D eigenvalue weighted by molar-refractivity contribution is -0.360. The number of hydrogen-bond donors (Lipinski definition) is 11. The summed E-state index contributed by atoms with van der Waals surface area (Å²) in [6, 6.07) is 0. The van der Waals surface area contributed by atoms with Gasteiger partial charge in [0.1, 0.15) is 98.7 Å². The van der Waals surface area contributed by atoms with Crippen molar-refractivity contribution in [1.29, 1.82) is 0 Å². The third-order valence-corrected chi connectivity index (χ3v) is 19.8. The van der Waals surface area contributed by atoms with Crippen molar-refractivity contribution in [3.8, 4) is 0 Å². The molecule has 0 aromatic rings. The van der Waals surface area contributed by atoms with Crippen molar-refractivity contribution in [1.82, 2.24) is 0 Å². The topological polar surface area (TPSA) is 374 Å². The Morgan fingerprint density at radius 2 is 0.786 bits per heavy atom. The number of allylic oxidation sites excluding steroid dienone is 3. The van der Waals surface area contributed by atoms with Crippen LogP contribution in [0, 0.1) is 0 Å². The number of esters is 3. The number of rotatable bonds is 59. The number of hydrogen-bond acceptors (Lipinski definition) is 23. The van der Waals surface area contributed by atoms with Gasteiger partial charge in [0.2, 0.25) is 0 Å². The van der Waals surface area contributed by atoms with Gasteiger partial charge in [-0.3, -0.25) is 18.6 Å². The van der Waals surface area contributed by atoms with E-state index in [9.17, 15) is 74.9 Å². The van der Waals surface area contributed by atoms with E-state index in [4.69, 9.17) is 42.2 Å². The minimum atomic E-state index is -5.71. The first-order valence-electron chi connectivity index (χ1n) is 38.2.